The maximum absolute atomic E-state index is 12.8. The lowest BCUT2D eigenvalue weighted by Gasteiger charge is -2.24. The average molecular weight is 822 g/mol. The highest BCUT2D eigenvalue weighted by Gasteiger charge is 2.14. The molecule has 0 saturated carbocycles. The fraction of sp³-hybridized carbons (Fsp3) is 0.917. The van der Waals surface area contributed by atoms with E-state index < -0.39 is 0 Å². The molecule has 0 aliphatic heterocycles. The minimum atomic E-state index is -0.0551. The van der Waals surface area contributed by atoms with Crippen molar-refractivity contribution >= 4 is 11.9 Å². The zero-order chi connectivity index (χ0) is 42.6. The third kappa shape index (κ3) is 40.6. The van der Waals surface area contributed by atoms with Crippen molar-refractivity contribution in [2.45, 2.75) is 245 Å². The number of hydrazine groups is 1. The number of esters is 2. The first-order valence-electron chi connectivity index (χ1n) is 24.7. The van der Waals surface area contributed by atoms with Crippen molar-refractivity contribution < 1.29 is 19.1 Å². The van der Waals surface area contributed by atoms with E-state index in [1.54, 1.807) is 11.2 Å². The van der Waals surface area contributed by atoms with Crippen LogP contribution in [0.4, 0.5) is 0 Å². The van der Waals surface area contributed by atoms with Gasteiger partial charge in [-0.1, -0.05) is 167 Å². The second kappa shape index (κ2) is 44.4. The maximum atomic E-state index is 12.8. The van der Waals surface area contributed by atoms with Gasteiger partial charge in [0.25, 0.3) is 0 Å². The van der Waals surface area contributed by atoms with E-state index in [4.69, 9.17) is 21.1 Å². The Bertz CT molecular complexity index is 935. The number of ether oxygens (including phenoxy) is 2. The first-order valence-corrected chi connectivity index (χ1v) is 24.7. The van der Waals surface area contributed by atoms with E-state index in [0.717, 1.165) is 116 Å². The minimum absolute atomic E-state index is 0.000142. The van der Waals surface area contributed by atoms with Crippen LogP contribution >= 0.6 is 0 Å². The van der Waals surface area contributed by atoms with Crippen LogP contribution in [0.15, 0.2) is 17.1 Å². The van der Waals surface area contributed by atoms with E-state index in [9.17, 15) is 14.5 Å². The van der Waals surface area contributed by atoms with Gasteiger partial charge in [0, 0.05) is 25.6 Å². The standard InChI is InChI=1S/C48H95N5O5/c1-4-7-10-13-16-25-32-42-57-47(54)36-28-21-17-23-30-38-52(40-33-41-53(50)44-45(49)43-51-56)39-31-24-18-22-29-37-48(55)58-46(34-26-19-14-11-8-5-2)35-27-20-15-12-9-6-3/h44,46H,4-43,49-50H2,1-3H3/b45-44-. The van der Waals surface area contributed by atoms with Crippen molar-refractivity contribution in [3.05, 3.63) is 16.8 Å². The summed E-state index contributed by atoms with van der Waals surface area (Å²) in [5.74, 6) is 6.04. The molecule has 0 aromatic heterocycles. The molecule has 0 bridgehead atoms. The number of carbonyl (C=O) groups excluding carboxylic acids is 2. The molecule has 0 aromatic carbocycles. The molecule has 10 heteroatoms. The third-order valence-electron chi connectivity index (χ3n) is 11.2. The fourth-order valence-electron chi connectivity index (χ4n) is 7.60. The van der Waals surface area contributed by atoms with Crippen LogP contribution in [0.25, 0.3) is 0 Å². The van der Waals surface area contributed by atoms with Crippen molar-refractivity contribution in [2.75, 3.05) is 39.3 Å². The second-order valence-electron chi connectivity index (χ2n) is 17.0. The minimum Gasteiger partial charge on any atom is -0.466 e. The van der Waals surface area contributed by atoms with Crippen molar-refractivity contribution in [3.63, 3.8) is 0 Å². The molecule has 0 amide bonds. The SMILES string of the molecule is CCCCCCCCCOC(=O)CCCCCCCN(CCCCCCCC(=O)OC(CCCCCCCC)CCCCCCCC)CCCN(N)/C=C(\N)CN=O. The first kappa shape index (κ1) is 55.8. The summed E-state index contributed by atoms with van der Waals surface area (Å²) in [5, 5.41) is 4.38. The molecule has 0 radical (unpaired) electrons. The summed E-state index contributed by atoms with van der Waals surface area (Å²) in [6.45, 7) is 11.0. The Morgan fingerprint density at radius 2 is 0.948 bits per heavy atom. The monoisotopic (exact) mass is 822 g/mol. The summed E-state index contributed by atoms with van der Waals surface area (Å²) in [7, 11) is 0. The van der Waals surface area contributed by atoms with E-state index in [1.807, 2.05) is 0 Å². The van der Waals surface area contributed by atoms with Gasteiger partial charge in [0.15, 0.2) is 0 Å². The lowest BCUT2D eigenvalue weighted by atomic mass is 10.0. The van der Waals surface area contributed by atoms with Crippen LogP contribution in [-0.4, -0.2) is 67.3 Å². The van der Waals surface area contributed by atoms with Gasteiger partial charge in [-0.3, -0.25) is 9.59 Å². The van der Waals surface area contributed by atoms with Crippen molar-refractivity contribution in [1.29, 1.82) is 0 Å². The molecule has 0 unspecified atom stereocenters. The Morgan fingerprint density at radius 1 is 0.534 bits per heavy atom. The van der Waals surface area contributed by atoms with Crippen LogP contribution in [0.3, 0.4) is 0 Å². The largest absolute Gasteiger partial charge is 0.466 e. The molecule has 0 aliphatic rings. The van der Waals surface area contributed by atoms with Crippen LogP contribution in [0.1, 0.15) is 239 Å². The maximum Gasteiger partial charge on any atom is 0.306 e. The highest BCUT2D eigenvalue weighted by atomic mass is 16.5. The molecule has 0 fully saturated rings. The van der Waals surface area contributed by atoms with Gasteiger partial charge in [0.2, 0.25) is 0 Å². The molecule has 0 atom stereocenters. The zero-order valence-corrected chi connectivity index (χ0v) is 38.5. The summed E-state index contributed by atoms with van der Waals surface area (Å²) >= 11 is 0. The number of nitrogens with zero attached hydrogens (tertiary/aromatic N) is 3. The Balaban J connectivity index is 4.49. The smallest absolute Gasteiger partial charge is 0.306 e. The van der Waals surface area contributed by atoms with Crippen molar-refractivity contribution in [1.82, 2.24) is 9.91 Å². The number of rotatable bonds is 46. The summed E-state index contributed by atoms with van der Waals surface area (Å²) in [6.07, 6.45) is 40.3. The topological polar surface area (TPSA) is 141 Å². The molecule has 4 N–H and O–H groups in total. The van der Waals surface area contributed by atoms with Crippen LogP contribution in [0.2, 0.25) is 0 Å². The van der Waals surface area contributed by atoms with E-state index >= 15 is 0 Å². The highest BCUT2D eigenvalue weighted by molar-refractivity contribution is 5.69. The van der Waals surface area contributed by atoms with Crippen LogP contribution < -0.4 is 11.6 Å². The molecule has 0 saturated heterocycles. The number of unbranched alkanes of at least 4 members (excludes halogenated alkanes) is 24. The molecule has 58 heavy (non-hydrogen) atoms. The Hall–Kier alpha value is -2.20. The van der Waals surface area contributed by atoms with Gasteiger partial charge in [-0.05, 0) is 83.8 Å². The number of hydrogen-bond acceptors (Lipinski definition) is 10. The van der Waals surface area contributed by atoms with Gasteiger partial charge < -0.3 is 25.1 Å². The van der Waals surface area contributed by atoms with Crippen LogP contribution in [0.5, 0.6) is 0 Å². The second-order valence-corrected chi connectivity index (χ2v) is 17.0. The van der Waals surface area contributed by atoms with Gasteiger partial charge in [-0.15, -0.1) is 0 Å². The fourth-order valence-corrected chi connectivity index (χ4v) is 7.60. The predicted molar refractivity (Wildman–Crippen MR) is 245 cm³/mol. The molecule has 0 aromatic rings. The molecular formula is C48H95N5O5. The molecular weight excluding hydrogens is 727 g/mol. The lowest BCUT2D eigenvalue weighted by Crippen LogP contribution is -2.33. The van der Waals surface area contributed by atoms with E-state index in [1.165, 1.54) is 109 Å². The number of nitroso groups, excluding NO2 is 1. The lowest BCUT2D eigenvalue weighted by molar-refractivity contribution is -0.150. The van der Waals surface area contributed by atoms with Crippen LogP contribution in [-0.2, 0) is 19.1 Å². The van der Waals surface area contributed by atoms with Gasteiger partial charge in [0.1, 0.15) is 12.6 Å². The van der Waals surface area contributed by atoms with E-state index in [2.05, 4.69) is 30.8 Å². The quantitative estimate of drug-likeness (QED) is 0.0202. The highest BCUT2D eigenvalue weighted by Crippen LogP contribution is 2.19. The predicted octanol–water partition coefficient (Wildman–Crippen LogP) is 12.8. The molecule has 0 heterocycles. The number of carbonyl (C=O) groups is 2. The van der Waals surface area contributed by atoms with Crippen LogP contribution in [0, 0.1) is 4.91 Å². The third-order valence-corrected chi connectivity index (χ3v) is 11.2. The average Bonchev–Trinajstić information content (AvgIpc) is 3.20. The first-order chi connectivity index (χ1) is 28.4. The number of nitrogens with two attached hydrogens (primary N) is 2. The van der Waals surface area contributed by atoms with Gasteiger partial charge in [-0.2, -0.15) is 4.91 Å². The van der Waals surface area contributed by atoms with Gasteiger partial charge in [-0.25, -0.2) is 5.84 Å². The summed E-state index contributed by atoms with van der Waals surface area (Å²) in [6, 6.07) is 0. The molecule has 10 nitrogen and oxygen atoms in total. The molecule has 0 spiro atoms. The van der Waals surface area contributed by atoms with Gasteiger partial charge in [0.05, 0.1) is 12.3 Å². The molecule has 342 valence electrons. The summed E-state index contributed by atoms with van der Waals surface area (Å²) in [4.78, 5) is 38.0. The number of hydrogen-bond donors (Lipinski definition) is 2. The normalized spacial score (nSPS) is 11.8. The zero-order valence-electron chi connectivity index (χ0n) is 38.5. The van der Waals surface area contributed by atoms with Gasteiger partial charge >= 0.3 is 11.9 Å². The van der Waals surface area contributed by atoms with E-state index in [-0.39, 0.29) is 24.6 Å². The van der Waals surface area contributed by atoms with Crippen molar-refractivity contribution in [2.24, 2.45) is 16.8 Å². The summed E-state index contributed by atoms with van der Waals surface area (Å²) in [5.41, 5.74) is 6.17. The molecule has 0 aliphatic carbocycles. The summed E-state index contributed by atoms with van der Waals surface area (Å²) < 4.78 is 11.5. The Kier molecular flexibility index (Phi) is 42.7. The van der Waals surface area contributed by atoms with E-state index in [0.29, 0.717) is 31.7 Å². The Labute approximate surface area is 358 Å². The Morgan fingerprint density at radius 3 is 1.45 bits per heavy atom. The molecule has 0 rings (SSSR count). The van der Waals surface area contributed by atoms with Crippen molar-refractivity contribution in [3.8, 4) is 0 Å².